The molecule has 8 heteroatoms. The molecule has 0 spiro atoms. The number of aliphatic hydroxyl groups is 1. The number of halogens is 3. The summed E-state index contributed by atoms with van der Waals surface area (Å²) in [7, 11) is 0. The summed E-state index contributed by atoms with van der Waals surface area (Å²) in [6.07, 6.45) is -2.82. The molecule has 0 saturated carbocycles. The summed E-state index contributed by atoms with van der Waals surface area (Å²) in [6.45, 7) is -0.672. The van der Waals surface area contributed by atoms with E-state index in [4.69, 9.17) is 5.11 Å². The first kappa shape index (κ1) is 12.2. The van der Waals surface area contributed by atoms with Crippen molar-refractivity contribution in [3.8, 4) is 0 Å². The second-order valence-corrected chi connectivity index (χ2v) is 3.58. The van der Waals surface area contributed by atoms with Gasteiger partial charge < -0.3 is 5.11 Å². The second kappa shape index (κ2) is 4.75. The van der Waals surface area contributed by atoms with Crippen molar-refractivity contribution in [3.63, 3.8) is 0 Å². The third kappa shape index (κ3) is 2.56. The number of hydrogen-bond donors (Lipinski definition) is 1. The topological polar surface area (TPSA) is 76.3 Å². The maximum absolute atomic E-state index is 12.3. The lowest BCUT2D eigenvalue weighted by atomic mass is 10.2. The van der Waals surface area contributed by atoms with E-state index in [2.05, 4.69) is 4.98 Å². The van der Waals surface area contributed by atoms with E-state index >= 15 is 0 Å². The molecule has 0 saturated heterocycles. The van der Waals surface area contributed by atoms with Crippen LogP contribution in [0, 0.1) is 13.8 Å². The van der Waals surface area contributed by atoms with Crippen LogP contribution in [0.4, 0.5) is 14.5 Å². The van der Waals surface area contributed by atoms with Crippen LogP contribution >= 0.6 is 22.6 Å². The molecule has 0 amide bonds. The molecule has 1 heterocycles. The average Bonchev–Trinajstić information content (AvgIpc) is 2.15. The summed E-state index contributed by atoms with van der Waals surface area (Å²) in [5.74, 6) is 0. The SMILES string of the molecule is O=[N+]([O-])c1c(CO)cc(C(F)F)nc1I. The molecule has 1 N–H and O–H groups in total. The van der Waals surface area contributed by atoms with E-state index in [1.54, 1.807) is 0 Å². The molecule has 1 rings (SSSR count). The Kier molecular flexibility index (Phi) is 3.85. The largest absolute Gasteiger partial charge is 0.391 e. The van der Waals surface area contributed by atoms with Gasteiger partial charge in [0.05, 0.1) is 17.1 Å². The Bertz CT molecular complexity index is 400. The quantitative estimate of drug-likeness (QED) is 0.398. The van der Waals surface area contributed by atoms with Crippen molar-refractivity contribution >= 4 is 28.3 Å². The number of aliphatic hydroxyl groups excluding tert-OH is 1. The van der Waals surface area contributed by atoms with Gasteiger partial charge in [-0.15, -0.1) is 0 Å². The molecule has 1 aromatic heterocycles. The van der Waals surface area contributed by atoms with E-state index in [-0.39, 0.29) is 9.26 Å². The predicted octanol–water partition coefficient (Wildman–Crippen LogP) is 2.02. The highest BCUT2D eigenvalue weighted by atomic mass is 127. The van der Waals surface area contributed by atoms with Gasteiger partial charge >= 0.3 is 5.69 Å². The molecule has 5 nitrogen and oxygen atoms in total. The van der Waals surface area contributed by atoms with Gasteiger partial charge in [-0.3, -0.25) is 10.1 Å². The fraction of sp³-hybridized carbons (Fsp3) is 0.286. The summed E-state index contributed by atoms with van der Waals surface area (Å²) in [4.78, 5) is 13.2. The Morgan fingerprint density at radius 3 is 2.67 bits per heavy atom. The first-order valence-electron chi connectivity index (χ1n) is 3.70. The number of rotatable bonds is 3. The minimum absolute atomic E-state index is 0.153. The van der Waals surface area contributed by atoms with Crippen molar-refractivity contribution in [2.45, 2.75) is 13.0 Å². The Morgan fingerprint density at radius 1 is 1.67 bits per heavy atom. The van der Waals surface area contributed by atoms with Gasteiger partial charge in [0.15, 0.2) is 3.70 Å². The van der Waals surface area contributed by atoms with Crippen LogP contribution < -0.4 is 0 Å². The number of pyridine rings is 1. The lowest BCUT2D eigenvalue weighted by Crippen LogP contribution is -2.04. The van der Waals surface area contributed by atoms with E-state index < -0.39 is 29.3 Å². The van der Waals surface area contributed by atoms with Crippen LogP contribution in [0.5, 0.6) is 0 Å². The minimum atomic E-state index is -2.82. The Labute approximate surface area is 96.4 Å². The number of aromatic nitrogens is 1. The number of nitro groups is 1. The lowest BCUT2D eigenvalue weighted by molar-refractivity contribution is -0.387. The summed E-state index contributed by atoms with van der Waals surface area (Å²) >= 11 is 1.49. The van der Waals surface area contributed by atoms with E-state index in [9.17, 15) is 18.9 Å². The first-order valence-corrected chi connectivity index (χ1v) is 4.78. The highest BCUT2D eigenvalue weighted by Crippen LogP contribution is 2.28. The van der Waals surface area contributed by atoms with Crippen LogP contribution in [0.3, 0.4) is 0 Å². The van der Waals surface area contributed by atoms with E-state index in [1.165, 1.54) is 22.6 Å². The van der Waals surface area contributed by atoms with E-state index in [0.29, 0.717) is 0 Å². The highest BCUT2D eigenvalue weighted by Gasteiger charge is 2.23. The van der Waals surface area contributed by atoms with Crippen molar-refractivity contribution in [2.24, 2.45) is 0 Å². The van der Waals surface area contributed by atoms with Crippen LogP contribution in [0.2, 0.25) is 0 Å². The normalized spacial score (nSPS) is 10.7. The maximum atomic E-state index is 12.3. The number of hydrogen-bond acceptors (Lipinski definition) is 4. The summed E-state index contributed by atoms with van der Waals surface area (Å²) < 4.78 is 24.4. The zero-order valence-corrected chi connectivity index (χ0v) is 9.31. The molecular weight excluding hydrogens is 325 g/mol. The second-order valence-electron chi connectivity index (χ2n) is 2.56. The molecule has 0 aliphatic heterocycles. The van der Waals surface area contributed by atoms with E-state index in [0.717, 1.165) is 6.07 Å². The van der Waals surface area contributed by atoms with Crippen molar-refractivity contribution < 1.29 is 18.8 Å². The van der Waals surface area contributed by atoms with Crippen LogP contribution in [0.25, 0.3) is 0 Å². The lowest BCUT2D eigenvalue weighted by Gasteiger charge is -2.04. The molecule has 82 valence electrons. The van der Waals surface area contributed by atoms with Gasteiger partial charge in [0.1, 0.15) is 5.69 Å². The van der Waals surface area contributed by atoms with Gasteiger partial charge in [0.25, 0.3) is 6.43 Å². The molecule has 15 heavy (non-hydrogen) atoms. The number of alkyl halides is 2. The Morgan fingerprint density at radius 2 is 2.27 bits per heavy atom. The predicted molar refractivity (Wildman–Crippen MR) is 54.5 cm³/mol. The van der Waals surface area contributed by atoms with Gasteiger partial charge in [-0.1, -0.05) is 0 Å². The highest BCUT2D eigenvalue weighted by molar-refractivity contribution is 14.1. The van der Waals surface area contributed by atoms with Gasteiger partial charge in [-0.05, 0) is 28.7 Å². The summed E-state index contributed by atoms with van der Waals surface area (Å²) in [5.41, 5.74) is -1.16. The number of nitrogens with zero attached hydrogens (tertiary/aromatic N) is 2. The van der Waals surface area contributed by atoms with Crippen molar-refractivity contribution in [1.29, 1.82) is 0 Å². The van der Waals surface area contributed by atoms with Gasteiger partial charge in [-0.2, -0.15) is 0 Å². The van der Waals surface area contributed by atoms with Gasteiger partial charge in [0, 0.05) is 0 Å². The molecule has 1 aromatic rings. The van der Waals surface area contributed by atoms with Crippen LogP contribution in [-0.2, 0) is 6.61 Å². The zero-order valence-electron chi connectivity index (χ0n) is 7.15. The molecule has 0 bridgehead atoms. The van der Waals surface area contributed by atoms with Crippen LogP contribution in [-0.4, -0.2) is 15.0 Å². The van der Waals surface area contributed by atoms with Gasteiger partial charge in [0.2, 0.25) is 0 Å². The average molecular weight is 330 g/mol. The van der Waals surface area contributed by atoms with Crippen LogP contribution in [0.1, 0.15) is 17.7 Å². The van der Waals surface area contributed by atoms with Gasteiger partial charge in [-0.25, -0.2) is 13.8 Å². The standard InChI is InChI=1S/C7H5F2IN2O3/c8-6(9)4-1-3(2-13)5(12(14)15)7(10)11-4/h1,6,13H,2H2. The van der Waals surface area contributed by atoms with Crippen molar-refractivity contribution in [1.82, 2.24) is 4.98 Å². The van der Waals surface area contributed by atoms with Crippen LogP contribution in [0.15, 0.2) is 6.07 Å². The third-order valence-electron chi connectivity index (χ3n) is 1.63. The van der Waals surface area contributed by atoms with E-state index in [1.807, 2.05) is 0 Å². The molecule has 0 aliphatic rings. The van der Waals surface area contributed by atoms with Crippen molar-refractivity contribution in [2.75, 3.05) is 0 Å². The summed E-state index contributed by atoms with van der Waals surface area (Å²) in [6, 6.07) is 0.838. The monoisotopic (exact) mass is 330 g/mol. The summed E-state index contributed by atoms with van der Waals surface area (Å²) in [5, 5.41) is 19.4. The molecule has 0 aliphatic carbocycles. The molecule has 0 aromatic carbocycles. The fourth-order valence-electron chi connectivity index (χ4n) is 1.00. The molecule has 0 unspecified atom stereocenters. The first-order chi connectivity index (χ1) is 6.97. The molecular formula is C7H5F2IN2O3. The maximum Gasteiger partial charge on any atom is 0.306 e. The molecule has 0 atom stereocenters. The fourth-order valence-corrected chi connectivity index (χ4v) is 1.82. The minimum Gasteiger partial charge on any atom is -0.391 e. The third-order valence-corrected chi connectivity index (χ3v) is 2.38. The molecule has 0 radical (unpaired) electrons. The Hall–Kier alpha value is -0.900. The van der Waals surface area contributed by atoms with Crippen molar-refractivity contribution in [3.05, 3.63) is 31.1 Å². The smallest absolute Gasteiger partial charge is 0.306 e. The molecule has 0 fully saturated rings. The zero-order chi connectivity index (χ0) is 11.6. The Balaban J connectivity index is 3.37.